The second kappa shape index (κ2) is 5.39. The number of nitrogens with zero attached hydrogens (tertiary/aromatic N) is 3. The third-order valence-corrected chi connectivity index (χ3v) is 3.41. The number of H-pyrrole nitrogens is 1. The number of nitrogens with one attached hydrogen (secondary N) is 1. The van der Waals surface area contributed by atoms with Crippen LogP contribution < -0.4 is 5.73 Å². The fourth-order valence-electron chi connectivity index (χ4n) is 2.07. The quantitative estimate of drug-likeness (QED) is 0.726. The van der Waals surface area contributed by atoms with Gasteiger partial charge in [0.15, 0.2) is 11.4 Å². The van der Waals surface area contributed by atoms with Crippen LogP contribution in [0.25, 0.3) is 5.69 Å². The summed E-state index contributed by atoms with van der Waals surface area (Å²) in [5, 5.41) is 14.1. The number of nitriles is 1. The van der Waals surface area contributed by atoms with E-state index in [0.29, 0.717) is 16.4 Å². The van der Waals surface area contributed by atoms with Crippen molar-refractivity contribution in [3.05, 3.63) is 64.7 Å². The van der Waals surface area contributed by atoms with Gasteiger partial charge in [0, 0.05) is 11.2 Å². The van der Waals surface area contributed by atoms with E-state index in [-0.39, 0.29) is 22.9 Å². The van der Waals surface area contributed by atoms with Crippen LogP contribution in [0.1, 0.15) is 21.9 Å². The van der Waals surface area contributed by atoms with Gasteiger partial charge in [-0.3, -0.25) is 4.79 Å². The molecule has 3 N–H and O–H groups in total. The molecule has 0 fully saturated rings. The molecule has 0 spiro atoms. The summed E-state index contributed by atoms with van der Waals surface area (Å²) in [4.78, 5) is 15.2. The molecule has 3 aromatic rings. The number of aromatic amines is 1. The number of nitrogens with two attached hydrogens (primary N) is 1. The number of carbonyl (C=O) groups excluding carboxylic acids is 1. The molecule has 2 heterocycles. The van der Waals surface area contributed by atoms with E-state index in [1.807, 2.05) is 6.07 Å². The van der Waals surface area contributed by atoms with Gasteiger partial charge in [-0.1, -0.05) is 11.6 Å². The molecule has 0 unspecified atom stereocenters. The molecule has 0 aliphatic carbocycles. The Morgan fingerprint density at radius 3 is 2.64 bits per heavy atom. The maximum Gasteiger partial charge on any atom is 0.231 e. The smallest absolute Gasteiger partial charge is 0.231 e. The van der Waals surface area contributed by atoms with Crippen molar-refractivity contribution in [1.82, 2.24) is 14.8 Å². The zero-order chi connectivity index (χ0) is 15.7. The van der Waals surface area contributed by atoms with E-state index in [4.69, 9.17) is 17.3 Å². The third-order valence-electron chi connectivity index (χ3n) is 3.16. The number of hydrogen-bond acceptors (Lipinski definition) is 4. The van der Waals surface area contributed by atoms with Crippen molar-refractivity contribution in [3.8, 4) is 11.8 Å². The summed E-state index contributed by atoms with van der Waals surface area (Å²) in [6, 6.07) is 12.0. The van der Waals surface area contributed by atoms with E-state index in [0.717, 1.165) is 0 Å². The Labute approximate surface area is 130 Å². The second-order valence-corrected chi connectivity index (χ2v) is 4.96. The average Bonchev–Trinajstić information content (AvgIpc) is 3.15. The van der Waals surface area contributed by atoms with Crippen molar-refractivity contribution in [2.45, 2.75) is 0 Å². The Hall–Kier alpha value is -3.04. The molecular weight excluding hydrogens is 302 g/mol. The molecule has 6 nitrogen and oxygen atoms in total. The highest BCUT2D eigenvalue weighted by Crippen LogP contribution is 2.23. The lowest BCUT2D eigenvalue weighted by atomic mass is 10.2. The molecular formula is C15H10ClN5O. The Morgan fingerprint density at radius 1 is 1.32 bits per heavy atom. The fourth-order valence-corrected chi connectivity index (χ4v) is 2.20. The number of anilines is 1. The van der Waals surface area contributed by atoms with Crippen LogP contribution in [-0.2, 0) is 0 Å². The van der Waals surface area contributed by atoms with E-state index < -0.39 is 0 Å². The van der Waals surface area contributed by atoms with Crippen LogP contribution in [0.15, 0.2) is 42.6 Å². The molecule has 1 aromatic carbocycles. The molecule has 0 bridgehead atoms. The van der Waals surface area contributed by atoms with Crippen LogP contribution >= 0.6 is 11.6 Å². The highest BCUT2D eigenvalue weighted by Gasteiger charge is 2.23. The summed E-state index contributed by atoms with van der Waals surface area (Å²) >= 11 is 5.85. The van der Waals surface area contributed by atoms with Gasteiger partial charge in [0.25, 0.3) is 0 Å². The number of carbonyl (C=O) groups is 1. The number of rotatable bonds is 3. The zero-order valence-corrected chi connectivity index (χ0v) is 12.0. The lowest BCUT2D eigenvalue weighted by Gasteiger charge is -2.02. The van der Waals surface area contributed by atoms with E-state index >= 15 is 0 Å². The van der Waals surface area contributed by atoms with E-state index in [1.165, 1.54) is 4.68 Å². The first kappa shape index (κ1) is 13.9. The molecule has 0 aliphatic rings. The predicted octanol–water partition coefficient (Wildman–Crippen LogP) is 2.54. The van der Waals surface area contributed by atoms with Gasteiger partial charge in [0.1, 0.15) is 11.8 Å². The van der Waals surface area contributed by atoms with Crippen molar-refractivity contribution < 1.29 is 4.79 Å². The number of hydrogen-bond donors (Lipinski definition) is 2. The van der Waals surface area contributed by atoms with Gasteiger partial charge >= 0.3 is 0 Å². The Morgan fingerprint density at radius 2 is 2.05 bits per heavy atom. The summed E-state index contributed by atoms with van der Waals surface area (Å²) in [7, 11) is 0. The van der Waals surface area contributed by atoms with Crippen LogP contribution in [0.4, 0.5) is 5.69 Å². The topological polar surface area (TPSA) is 100 Å². The van der Waals surface area contributed by atoms with Crippen LogP contribution in [0.3, 0.4) is 0 Å². The summed E-state index contributed by atoms with van der Waals surface area (Å²) in [5.41, 5.74) is 7.07. The van der Waals surface area contributed by atoms with Crippen molar-refractivity contribution >= 4 is 23.1 Å². The lowest BCUT2D eigenvalue weighted by Crippen LogP contribution is -2.06. The molecule has 0 saturated carbocycles. The number of benzene rings is 1. The summed E-state index contributed by atoms with van der Waals surface area (Å²) in [6.45, 7) is 0. The molecule has 22 heavy (non-hydrogen) atoms. The Bertz CT molecular complexity index is 872. The summed E-state index contributed by atoms with van der Waals surface area (Å²) in [6.07, 6.45) is 1.63. The van der Waals surface area contributed by atoms with Crippen LogP contribution in [-0.4, -0.2) is 20.5 Å². The standard InChI is InChI=1S/C15H10ClN5O/c16-9-3-5-10(6-4-9)21-12(8-17)13(18)14(20-21)15(22)11-2-1-7-19-11/h1-7,19H,18H2. The van der Waals surface area contributed by atoms with Crippen molar-refractivity contribution in [3.63, 3.8) is 0 Å². The lowest BCUT2D eigenvalue weighted by molar-refractivity contribution is 0.103. The number of aromatic nitrogens is 3. The number of nitrogen functional groups attached to an aromatic ring is 1. The minimum Gasteiger partial charge on any atom is -0.394 e. The van der Waals surface area contributed by atoms with Gasteiger partial charge in [-0.25, -0.2) is 4.68 Å². The normalized spacial score (nSPS) is 10.4. The van der Waals surface area contributed by atoms with E-state index in [1.54, 1.807) is 42.6 Å². The molecule has 3 rings (SSSR count). The maximum atomic E-state index is 12.4. The van der Waals surface area contributed by atoms with Gasteiger partial charge in [0.05, 0.1) is 11.4 Å². The largest absolute Gasteiger partial charge is 0.394 e. The summed E-state index contributed by atoms with van der Waals surface area (Å²) < 4.78 is 1.34. The number of halogens is 1. The molecule has 0 atom stereocenters. The van der Waals surface area contributed by atoms with Crippen molar-refractivity contribution in [1.29, 1.82) is 5.26 Å². The molecule has 7 heteroatoms. The second-order valence-electron chi connectivity index (χ2n) is 4.52. The molecule has 2 aromatic heterocycles. The third kappa shape index (κ3) is 2.24. The first-order chi connectivity index (χ1) is 10.6. The van der Waals surface area contributed by atoms with Crippen molar-refractivity contribution in [2.24, 2.45) is 0 Å². The molecule has 0 saturated heterocycles. The van der Waals surface area contributed by atoms with E-state index in [9.17, 15) is 10.1 Å². The van der Waals surface area contributed by atoms with Crippen LogP contribution in [0.5, 0.6) is 0 Å². The fraction of sp³-hybridized carbons (Fsp3) is 0. The van der Waals surface area contributed by atoms with Crippen LogP contribution in [0, 0.1) is 11.3 Å². The van der Waals surface area contributed by atoms with Gasteiger partial charge < -0.3 is 10.7 Å². The molecule has 0 radical (unpaired) electrons. The van der Waals surface area contributed by atoms with Gasteiger partial charge in [0.2, 0.25) is 5.78 Å². The zero-order valence-electron chi connectivity index (χ0n) is 11.2. The molecule has 108 valence electrons. The predicted molar refractivity (Wildman–Crippen MR) is 81.9 cm³/mol. The van der Waals surface area contributed by atoms with Gasteiger partial charge in [-0.05, 0) is 36.4 Å². The SMILES string of the molecule is N#Cc1c(N)c(C(=O)c2ccc[nH]2)nn1-c1ccc(Cl)cc1. The molecule has 0 aliphatic heterocycles. The van der Waals surface area contributed by atoms with E-state index in [2.05, 4.69) is 10.1 Å². The Balaban J connectivity index is 2.13. The van der Waals surface area contributed by atoms with Gasteiger partial charge in [-0.2, -0.15) is 10.4 Å². The van der Waals surface area contributed by atoms with Crippen molar-refractivity contribution in [2.75, 3.05) is 5.73 Å². The summed E-state index contributed by atoms with van der Waals surface area (Å²) in [5.74, 6) is -0.369. The molecule has 0 amide bonds. The number of ketones is 1. The minimum absolute atomic E-state index is 0.0361. The van der Waals surface area contributed by atoms with Crippen LogP contribution in [0.2, 0.25) is 5.02 Å². The Kier molecular flexibility index (Phi) is 3.41. The minimum atomic E-state index is -0.369. The first-order valence-corrected chi connectivity index (χ1v) is 6.72. The maximum absolute atomic E-state index is 12.4. The first-order valence-electron chi connectivity index (χ1n) is 6.34. The highest BCUT2D eigenvalue weighted by molar-refractivity contribution is 6.30. The highest BCUT2D eigenvalue weighted by atomic mass is 35.5. The monoisotopic (exact) mass is 311 g/mol. The van der Waals surface area contributed by atoms with Gasteiger partial charge in [-0.15, -0.1) is 0 Å². The average molecular weight is 312 g/mol.